The molecule has 1 aromatic carbocycles. The van der Waals surface area contributed by atoms with Gasteiger partial charge in [0.2, 0.25) is 0 Å². The highest BCUT2D eigenvalue weighted by atomic mass is 35.5. The monoisotopic (exact) mass is 269 g/mol. The second-order valence-corrected chi connectivity index (χ2v) is 3.45. The molecule has 1 atom stereocenters. The van der Waals surface area contributed by atoms with Crippen LogP contribution >= 0.6 is 35.6 Å². The Labute approximate surface area is 104 Å². The number of nitrogens with two attached hydrogens (primary N) is 1. The van der Waals surface area contributed by atoms with E-state index in [9.17, 15) is 4.79 Å². The molecule has 84 valence electrons. The summed E-state index contributed by atoms with van der Waals surface area (Å²) in [5, 5.41) is 0.714. The van der Waals surface area contributed by atoms with Crippen LogP contribution in [0, 0.1) is 0 Å². The van der Waals surface area contributed by atoms with E-state index in [4.69, 9.17) is 28.9 Å². The summed E-state index contributed by atoms with van der Waals surface area (Å²) < 4.78 is 4.50. The first-order valence-electron chi connectivity index (χ1n) is 3.85. The van der Waals surface area contributed by atoms with E-state index in [0.717, 1.165) is 0 Å². The molecule has 1 aromatic rings. The van der Waals surface area contributed by atoms with Crippen LogP contribution in [-0.4, -0.2) is 13.1 Å². The van der Waals surface area contributed by atoms with Gasteiger partial charge in [0.15, 0.2) is 0 Å². The van der Waals surface area contributed by atoms with Crippen LogP contribution in [0.5, 0.6) is 0 Å². The molecule has 2 N–H and O–H groups in total. The maximum atomic E-state index is 11.2. The maximum Gasteiger partial charge on any atom is 0.327 e. The van der Waals surface area contributed by atoms with Gasteiger partial charge >= 0.3 is 5.97 Å². The molecule has 0 aliphatic carbocycles. The highest BCUT2D eigenvalue weighted by molar-refractivity contribution is 6.36. The van der Waals surface area contributed by atoms with Crippen molar-refractivity contribution in [3.63, 3.8) is 0 Å². The van der Waals surface area contributed by atoms with Gasteiger partial charge in [0.25, 0.3) is 0 Å². The quantitative estimate of drug-likeness (QED) is 0.841. The number of hydrogen-bond donors (Lipinski definition) is 1. The summed E-state index contributed by atoms with van der Waals surface area (Å²) >= 11 is 11.7. The molecule has 1 rings (SSSR count). The minimum atomic E-state index is -0.943. The lowest BCUT2D eigenvalue weighted by Crippen LogP contribution is -2.23. The van der Waals surface area contributed by atoms with E-state index in [-0.39, 0.29) is 12.4 Å². The molecule has 6 heteroatoms. The Balaban J connectivity index is 0.00000196. The van der Waals surface area contributed by atoms with Crippen LogP contribution in [0.4, 0.5) is 0 Å². The van der Waals surface area contributed by atoms with Crippen molar-refractivity contribution in [3.8, 4) is 0 Å². The van der Waals surface area contributed by atoms with Crippen LogP contribution in [-0.2, 0) is 9.53 Å². The number of hydrogen-bond acceptors (Lipinski definition) is 3. The zero-order valence-corrected chi connectivity index (χ0v) is 10.2. The van der Waals surface area contributed by atoms with Gasteiger partial charge in [-0.05, 0) is 12.1 Å². The van der Waals surface area contributed by atoms with E-state index in [1.165, 1.54) is 7.11 Å². The second-order valence-electron chi connectivity index (χ2n) is 2.64. The molecule has 0 aliphatic rings. The summed E-state index contributed by atoms with van der Waals surface area (Å²) in [5.74, 6) is -0.569. The first kappa shape index (κ1) is 14.5. The standard InChI is InChI=1S/C9H9Cl2NO2.ClH/c1-14-9(13)8(12)7-5(10)3-2-4-6(7)11;/h2-4,8H,12H2,1H3;1H. The van der Waals surface area contributed by atoms with Gasteiger partial charge in [0.05, 0.1) is 7.11 Å². The maximum absolute atomic E-state index is 11.2. The smallest absolute Gasteiger partial charge is 0.327 e. The Morgan fingerprint density at radius 1 is 1.40 bits per heavy atom. The van der Waals surface area contributed by atoms with Crippen LogP contribution in [0.1, 0.15) is 11.6 Å². The molecule has 0 fully saturated rings. The number of esters is 1. The van der Waals surface area contributed by atoms with E-state index in [1.54, 1.807) is 18.2 Å². The zero-order chi connectivity index (χ0) is 10.7. The minimum Gasteiger partial charge on any atom is -0.468 e. The molecule has 0 saturated carbocycles. The predicted molar refractivity (Wildman–Crippen MR) is 62.7 cm³/mol. The normalized spacial score (nSPS) is 11.5. The Kier molecular flexibility index (Phi) is 5.98. The summed E-state index contributed by atoms with van der Waals surface area (Å²) in [7, 11) is 1.26. The predicted octanol–water partition coefficient (Wildman–Crippen LogP) is 2.59. The van der Waals surface area contributed by atoms with Gasteiger partial charge in [-0.25, -0.2) is 0 Å². The zero-order valence-electron chi connectivity index (χ0n) is 7.87. The van der Waals surface area contributed by atoms with E-state index < -0.39 is 12.0 Å². The molecule has 3 nitrogen and oxygen atoms in total. The van der Waals surface area contributed by atoms with Gasteiger partial charge < -0.3 is 10.5 Å². The van der Waals surface area contributed by atoms with Crippen LogP contribution in [0.2, 0.25) is 10.0 Å². The van der Waals surface area contributed by atoms with Gasteiger partial charge in [-0.3, -0.25) is 4.79 Å². The number of ether oxygens (including phenoxy) is 1. The van der Waals surface area contributed by atoms with Crippen molar-refractivity contribution in [2.75, 3.05) is 7.11 Å². The van der Waals surface area contributed by atoms with Crippen molar-refractivity contribution in [1.29, 1.82) is 0 Å². The summed E-state index contributed by atoms with van der Waals surface area (Å²) in [5.41, 5.74) is 6.00. The lowest BCUT2D eigenvalue weighted by molar-refractivity contribution is -0.142. The molecule has 0 amide bonds. The highest BCUT2D eigenvalue weighted by Crippen LogP contribution is 2.29. The van der Waals surface area contributed by atoms with Crippen LogP contribution in [0.25, 0.3) is 0 Å². The summed E-state index contributed by atoms with van der Waals surface area (Å²) in [6.07, 6.45) is 0. The van der Waals surface area contributed by atoms with E-state index in [1.807, 2.05) is 0 Å². The first-order valence-corrected chi connectivity index (χ1v) is 4.61. The number of rotatable bonds is 2. The molecule has 0 bridgehead atoms. The van der Waals surface area contributed by atoms with Gasteiger partial charge in [-0.2, -0.15) is 0 Å². The van der Waals surface area contributed by atoms with Gasteiger partial charge in [0, 0.05) is 15.6 Å². The average molecular weight is 271 g/mol. The molecule has 0 heterocycles. The van der Waals surface area contributed by atoms with E-state index in [2.05, 4.69) is 4.74 Å². The third kappa shape index (κ3) is 3.24. The molecular formula is C9H10Cl3NO2. The number of carbonyl (C=O) groups is 1. The third-order valence-electron chi connectivity index (χ3n) is 1.77. The Bertz CT molecular complexity index is 337. The van der Waals surface area contributed by atoms with Crippen molar-refractivity contribution in [1.82, 2.24) is 0 Å². The lowest BCUT2D eigenvalue weighted by Gasteiger charge is -2.12. The number of carbonyl (C=O) groups excluding carboxylic acids is 1. The fourth-order valence-corrected chi connectivity index (χ4v) is 1.69. The van der Waals surface area contributed by atoms with Crippen molar-refractivity contribution in [2.45, 2.75) is 6.04 Å². The Hall–Kier alpha value is -0.480. The van der Waals surface area contributed by atoms with E-state index >= 15 is 0 Å². The van der Waals surface area contributed by atoms with Crippen molar-refractivity contribution in [3.05, 3.63) is 33.8 Å². The molecule has 0 saturated heterocycles. The topological polar surface area (TPSA) is 52.3 Å². The van der Waals surface area contributed by atoms with Gasteiger partial charge in [-0.15, -0.1) is 12.4 Å². The van der Waals surface area contributed by atoms with Gasteiger partial charge in [0.1, 0.15) is 6.04 Å². The Morgan fingerprint density at radius 3 is 2.27 bits per heavy atom. The average Bonchev–Trinajstić information content (AvgIpc) is 2.16. The number of benzene rings is 1. The molecule has 0 spiro atoms. The molecular weight excluding hydrogens is 260 g/mol. The van der Waals surface area contributed by atoms with Crippen molar-refractivity contribution >= 4 is 41.6 Å². The SMILES string of the molecule is COC(=O)C(N)c1c(Cl)cccc1Cl.Cl. The molecule has 1 unspecified atom stereocenters. The summed E-state index contributed by atoms with van der Waals surface area (Å²) in [6, 6.07) is 3.97. The van der Waals surface area contributed by atoms with Crippen LogP contribution < -0.4 is 5.73 Å². The molecule has 0 radical (unpaired) electrons. The summed E-state index contributed by atoms with van der Waals surface area (Å²) in [4.78, 5) is 11.2. The van der Waals surface area contributed by atoms with Crippen LogP contribution in [0.3, 0.4) is 0 Å². The van der Waals surface area contributed by atoms with E-state index in [0.29, 0.717) is 15.6 Å². The minimum absolute atomic E-state index is 0. The van der Waals surface area contributed by atoms with Crippen molar-refractivity contribution < 1.29 is 9.53 Å². The lowest BCUT2D eigenvalue weighted by atomic mass is 10.1. The second kappa shape index (κ2) is 6.18. The number of methoxy groups -OCH3 is 1. The fraction of sp³-hybridized carbons (Fsp3) is 0.222. The number of halogens is 3. The molecule has 15 heavy (non-hydrogen) atoms. The van der Waals surface area contributed by atoms with Crippen LogP contribution in [0.15, 0.2) is 18.2 Å². The Morgan fingerprint density at radius 2 is 1.87 bits per heavy atom. The van der Waals surface area contributed by atoms with Crippen molar-refractivity contribution in [2.24, 2.45) is 5.73 Å². The third-order valence-corrected chi connectivity index (χ3v) is 2.43. The highest BCUT2D eigenvalue weighted by Gasteiger charge is 2.21. The summed E-state index contributed by atoms with van der Waals surface area (Å²) in [6.45, 7) is 0. The largest absolute Gasteiger partial charge is 0.468 e. The first-order chi connectivity index (χ1) is 6.57. The molecule has 0 aliphatic heterocycles. The molecule has 0 aromatic heterocycles. The van der Waals surface area contributed by atoms with Gasteiger partial charge in [-0.1, -0.05) is 29.3 Å². The fourth-order valence-electron chi connectivity index (χ4n) is 1.05.